The molecule has 0 aliphatic heterocycles. The average molecular weight is 269 g/mol. The molecule has 0 amide bonds. The van der Waals surface area contributed by atoms with E-state index in [9.17, 15) is 0 Å². The van der Waals surface area contributed by atoms with Gasteiger partial charge in [0.15, 0.2) is 0 Å². The van der Waals surface area contributed by atoms with Gasteiger partial charge in [-0.1, -0.05) is 6.92 Å². The lowest BCUT2D eigenvalue weighted by molar-refractivity contribution is 0.313. The predicted molar refractivity (Wildman–Crippen MR) is 78.9 cm³/mol. The van der Waals surface area contributed by atoms with Crippen LogP contribution >= 0.6 is 11.8 Å². The van der Waals surface area contributed by atoms with Gasteiger partial charge in [0.25, 0.3) is 0 Å². The van der Waals surface area contributed by atoms with E-state index in [0.29, 0.717) is 0 Å². The molecular formula is C14H23NO2S. The van der Waals surface area contributed by atoms with Crippen molar-refractivity contribution in [2.75, 3.05) is 32.3 Å². The van der Waals surface area contributed by atoms with E-state index in [1.54, 1.807) is 7.11 Å². The van der Waals surface area contributed by atoms with Gasteiger partial charge in [-0.15, -0.1) is 0 Å². The van der Waals surface area contributed by atoms with Crippen LogP contribution in [0.1, 0.15) is 18.9 Å². The van der Waals surface area contributed by atoms with Crippen molar-refractivity contribution in [3.8, 4) is 11.5 Å². The van der Waals surface area contributed by atoms with Crippen LogP contribution in [-0.4, -0.2) is 32.3 Å². The number of hydrogen-bond acceptors (Lipinski definition) is 4. The first-order chi connectivity index (χ1) is 8.81. The number of nitrogens with one attached hydrogen (secondary N) is 1. The predicted octanol–water partition coefficient (Wildman–Crippen LogP) is 2.94. The third kappa shape index (κ3) is 5.19. The van der Waals surface area contributed by atoms with Crippen LogP contribution in [0, 0.1) is 0 Å². The third-order valence-electron chi connectivity index (χ3n) is 2.58. The summed E-state index contributed by atoms with van der Waals surface area (Å²) in [5.41, 5.74) is 1.15. The quantitative estimate of drug-likeness (QED) is 0.698. The van der Waals surface area contributed by atoms with Crippen LogP contribution in [0.4, 0.5) is 0 Å². The zero-order valence-corrected chi connectivity index (χ0v) is 12.3. The fourth-order valence-electron chi connectivity index (χ4n) is 1.61. The van der Waals surface area contributed by atoms with Gasteiger partial charge in [-0.25, -0.2) is 0 Å². The van der Waals surface area contributed by atoms with Crippen LogP contribution < -0.4 is 14.8 Å². The molecule has 0 heterocycles. The molecule has 102 valence electrons. The second-order valence-corrected chi connectivity index (χ2v) is 4.93. The molecule has 0 radical (unpaired) electrons. The van der Waals surface area contributed by atoms with Crippen molar-refractivity contribution in [2.24, 2.45) is 0 Å². The molecule has 1 aromatic carbocycles. The van der Waals surface area contributed by atoms with Gasteiger partial charge in [0, 0.05) is 12.1 Å². The molecule has 0 aromatic heterocycles. The van der Waals surface area contributed by atoms with E-state index in [-0.39, 0.29) is 0 Å². The molecule has 0 saturated heterocycles. The van der Waals surface area contributed by atoms with E-state index in [4.69, 9.17) is 9.47 Å². The van der Waals surface area contributed by atoms with Crippen LogP contribution in [0.2, 0.25) is 0 Å². The molecule has 18 heavy (non-hydrogen) atoms. The molecule has 1 aromatic rings. The summed E-state index contributed by atoms with van der Waals surface area (Å²) in [7, 11) is 1.69. The van der Waals surface area contributed by atoms with E-state index < -0.39 is 0 Å². The summed E-state index contributed by atoms with van der Waals surface area (Å²) in [6, 6.07) is 5.97. The number of rotatable bonds is 9. The Morgan fingerprint density at radius 2 is 2.17 bits per heavy atom. The molecule has 0 bridgehead atoms. The standard InChI is InChI=1S/C14H23NO2S/c1-4-15-11-12-10-13(16-2)6-7-14(12)17-8-5-9-18-3/h6-7,10,15H,4-5,8-9,11H2,1-3H3. The Morgan fingerprint density at radius 3 is 2.83 bits per heavy atom. The van der Waals surface area contributed by atoms with Gasteiger partial charge < -0.3 is 14.8 Å². The van der Waals surface area contributed by atoms with Gasteiger partial charge in [-0.2, -0.15) is 11.8 Å². The first kappa shape index (κ1) is 15.2. The van der Waals surface area contributed by atoms with Gasteiger partial charge in [0.05, 0.1) is 13.7 Å². The number of hydrogen-bond donors (Lipinski definition) is 1. The first-order valence-electron chi connectivity index (χ1n) is 6.31. The van der Waals surface area contributed by atoms with E-state index in [0.717, 1.165) is 48.9 Å². The lowest BCUT2D eigenvalue weighted by Crippen LogP contribution is -2.13. The van der Waals surface area contributed by atoms with Crippen molar-refractivity contribution in [1.29, 1.82) is 0 Å². The van der Waals surface area contributed by atoms with E-state index >= 15 is 0 Å². The topological polar surface area (TPSA) is 30.5 Å². The molecule has 1 N–H and O–H groups in total. The highest BCUT2D eigenvalue weighted by Gasteiger charge is 2.05. The molecule has 0 saturated carbocycles. The number of methoxy groups -OCH3 is 1. The maximum absolute atomic E-state index is 5.83. The third-order valence-corrected chi connectivity index (χ3v) is 3.28. The molecule has 1 rings (SSSR count). The Hall–Kier alpha value is -0.870. The highest BCUT2D eigenvalue weighted by molar-refractivity contribution is 7.98. The fourth-order valence-corrected chi connectivity index (χ4v) is 2.01. The summed E-state index contributed by atoms with van der Waals surface area (Å²) in [6.45, 7) is 4.63. The molecule has 0 atom stereocenters. The highest BCUT2D eigenvalue weighted by Crippen LogP contribution is 2.24. The fraction of sp³-hybridized carbons (Fsp3) is 0.571. The summed E-state index contributed by atoms with van der Waals surface area (Å²) in [6.07, 6.45) is 3.19. The van der Waals surface area contributed by atoms with Crippen LogP contribution in [0.25, 0.3) is 0 Å². The van der Waals surface area contributed by atoms with Crippen molar-refractivity contribution in [2.45, 2.75) is 19.9 Å². The van der Waals surface area contributed by atoms with Crippen molar-refractivity contribution in [3.63, 3.8) is 0 Å². The molecule has 3 nitrogen and oxygen atoms in total. The van der Waals surface area contributed by atoms with Gasteiger partial charge in [-0.05, 0) is 43.2 Å². The van der Waals surface area contributed by atoms with Crippen LogP contribution in [-0.2, 0) is 6.54 Å². The Bertz CT molecular complexity index is 345. The Kier molecular flexibility index (Phi) is 7.69. The minimum Gasteiger partial charge on any atom is -0.497 e. The van der Waals surface area contributed by atoms with Crippen molar-refractivity contribution < 1.29 is 9.47 Å². The monoisotopic (exact) mass is 269 g/mol. The second kappa shape index (κ2) is 9.11. The second-order valence-electron chi connectivity index (χ2n) is 3.95. The minimum absolute atomic E-state index is 0.770. The molecule has 0 aliphatic rings. The maximum atomic E-state index is 5.83. The summed E-state index contributed by atoms with van der Waals surface area (Å²) in [4.78, 5) is 0. The Labute approximate surface area is 114 Å². The van der Waals surface area contributed by atoms with Crippen LogP contribution in [0.15, 0.2) is 18.2 Å². The maximum Gasteiger partial charge on any atom is 0.124 e. The normalized spacial score (nSPS) is 10.4. The molecule has 0 fully saturated rings. The van der Waals surface area contributed by atoms with Crippen molar-refractivity contribution in [1.82, 2.24) is 5.32 Å². The summed E-state index contributed by atoms with van der Waals surface area (Å²) in [5, 5.41) is 3.32. The van der Waals surface area contributed by atoms with Gasteiger partial charge in [-0.3, -0.25) is 0 Å². The smallest absolute Gasteiger partial charge is 0.124 e. The lowest BCUT2D eigenvalue weighted by Gasteiger charge is -2.13. The van der Waals surface area contributed by atoms with Crippen LogP contribution in [0.5, 0.6) is 11.5 Å². The zero-order valence-electron chi connectivity index (χ0n) is 11.5. The van der Waals surface area contributed by atoms with Crippen molar-refractivity contribution in [3.05, 3.63) is 23.8 Å². The molecular weight excluding hydrogens is 246 g/mol. The van der Waals surface area contributed by atoms with E-state index in [2.05, 4.69) is 18.5 Å². The van der Waals surface area contributed by atoms with Crippen LogP contribution in [0.3, 0.4) is 0 Å². The molecule has 4 heteroatoms. The number of ether oxygens (including phenoxy) is 2. The van der Waals surface area contributed by atoms with Crippen molar-refractivity contribution >= 4 is 11.8 Å². The molecule has 0 spiro atoms. The molecule has 0 aliphatic carbocycles. The van der Waals surface area contributed by atoms with Gasteiger partial charge in [0.2, 0.25) is 0 Å². The van der Waals surface area contributed by atoms with E-state index in [1.165, 1.54) is 0 Å². The highest BCUT2D eigenvalue weighted by atomic mass is 32.2. The summed E-state index contributed by atoms with van der Waals surface area (Å²) in [5.74, 6) is 2.97. The first-order valence-corrected chi connectivity index (χ1v) is 7.70. The Morgan fingerprint density at radius 1 is 1.33 bits per heavy atom. The largest absolute Gasteiger partial charge is 0.497 e. The lowest BCUT2D eigenvalue weighted by atomic mass is 10.2. The minimum atomic E-state index is 0.770. The van der Waals surface area contributed by atoms with Gasteiger partial charge in [0.1, 0.15) is 11.5 Å². The zero-order chi connectivity index (χ0) is 13.2. The average Bonchev–Trinajstić information content (AvgIpc) is 2.42. The Balaban J connectivity index is 2.62. The number of benzene rings is 1. The number of thioether (sulfide) groups is 1. The van der Waals surface area contributed by atoms with E-state index in [1.807, 2.05) is 30.0 Å². The SMILES string of the molecule is CCNCc1cc(OC)ccc1OCCCSC. The summed E-state index contributed by atoms with van der Waals surface area (Å²) >= 11 is 1.85. The summed E-state index contributed by atoms with van der Waals surface area (Å²) < 4.78 is 11.1. The van der Waals surface area contributed by atoms with Gasteiger partial charge >= 0.3 is 0 Å². The molecule has 0 unspecified atom stereocenters.